The highest BCUT2D eigenvalue weighted by atomic mass is 35.5. The predicted octanol–water partition coefficient (Wildman–Crippen LogP) is 3.06. The molecule has 0 radical (unpaired) electrons. The van der Waals surface area contributed by atoms with E-state index in [0.717, 1.165) is 5.69 Å². The largest absolute Gasteiger partial charge is 0.305 e. The Morgan fingerprint density at radius 3 is 2.55 bits per heavy atom. The van der Waals surface area contributed by atoms with Gasteiger partial charge in [-0.1, -0.05) is 44.0 Å². The normalized spacial score (nSPS) is 11.4. The van der Waals surface area contributed by atoms with Crippen molar-refractivity contribution in [3.8, 4) is 0 Å². The number of aromatic amines is 1. The summed E-state index contributed by atoms with van der Waals surface area (Å²) in [6.07, 6.45) is 0. The van der Waals surface area contributed by atoms with Gasteiger partial charge in [0.1, 0.15) is 0 Å². The molecule has 2 heterocycles. The maximum Gasteiger partial charge on any atom is 0.260 e. The zero-order valence-electron chi connectivity index (χ0n) is 11.2. The van der Waals surface area contributed by atoms with Crippen LogP contribution in [0.15, 0.2) is 12.1 Å². The van der Waals surface area contributed by atoms with Crippen molar-refractivity contribution in [3.05, 3.63) is 33.7 Å². The molecule has 0 aliphatic heterocycles. The molecule has 0 aliphatic carbocycles. The van der Waals surface area contributed by atoms with Gasteiger partial charge in [-0.2, -0.15) is 5.10 Å². The lowest BCUT2D eigenvalue weighted by Crippen LogP contribution is -2.14. The Morgan fingerprint density at radius 2 is 1.95 bits per heavy atom. The minimum absolute atomic E-state index is 0.0153. The van der Waals surface area contributed by atoms with Crippen LogP contribution in [0.4, 0.5) is 5.82 Å². The maximum absolute atomic E-state index is 12.1. The molecule has 6 nitrogen and oxygen atoms in total. The standard InChI is InChI=1S/C12H13Cl2N5O/c1-12(2,3)7-5-9(18-16-7)15-11(20)6-4-8(13)17-19-10(6)14/h4-5H,1-3H3,(H2,15,16,18,20). The molecular formula is C12H13Cl2N5O. The average molecular weight is 314 g/mol. The number of H-pyrrole nitrogens is 1. The van der Waals surface area contributed by atoms with Crippen LogP contribution < -0.4 is 5.32 Å². The van der Waals surface area contributed by atoms with Crippen LogP contribution in [0.25, 0.3) is 0 Å². The maximum atomic E-state index is 12.1. The molecule has 1 amide bonds. The summed E-state index contributed by atoms with van der Waals surface area (Å²) in [5.74, 6) is -0.0392. The first-order valence-corrected chi connectivity index (χ1v) is 6.59. The Bertz CT molecular complexity index is 648. The lowest BCUT2D eigenvalue weighted by molar-refractivity contribution is 0.102. The topological polar surface area (TPSA) is 83.6 Å². The zero-order valence-corrected chi connectivity index (χ0v) is 12.7. The Morgan fingerprint density at radius 1 is 1.25 bits per heavy atom. The third kappa shape index (κ3) is 3.26. The second-order valence-electron chi connectivity index (χ2n) is 5.24. The van der Waals surface area contributed by atoms with Crippen LogP contribution in [-0.4, -0.2) is 26.3 Å². The summed E-state index contributed by atoms with van der Waals surface area (Å²) in [6.45, 7) is 6.11. The lowest BCUT2D eigenvalue weighted by Gasteiger charge is -2.14. The predicted molar refractivity (Wildman–Crippen MR) is 77.3 cm³/mol. The van der Waals surface area contributed by atoms with Gasteiger partial charge < -0.3 is 5.32 Å². The molecule has 0 aliphatic rings. The molecule has 8 heteroatoms. The monoisotopic (exact) mass is 313 g/mol. The first-order chi connectivity index (χ1) is 9.27. The Hall–Kier alpha value is -1.66. The molecule has 0 atom stereocenters. The molecule has 0 saturated carbocycles. The Kier molecular flexibility index (Phi) is 3.96. The van der Waals surface area contributed by atoms with Gasteiger partial charge in [-0.3, -0.25) is 9.89 Å². The van der Waals surface area contributed by atoms with Crippen LogP contribution in [0.5, 0.6) is 0 Å². The van der Waals surface area contributed by atoms with Gasteiger partial charge in [0.2, 0.25) is 0 Å². The molecule has 0 unspecified atom stereocenters. The molecule has 2 rings (SSSR count). The number of carbonyl (C=O) groups excluding carboxylic acids is 1. The van der Waals surface area contributed by atoms with E-state index >= 15 is 0 Å². The summed E-state index contributed by atoms with van der Waals surface area (Å²) < 4.78 is 0. The van der Waals surface area contributed by atoms with Gasteiger partial charge in [0.25, 0.3) is 5.91 Å². The van der Waals surface area contributed by atoms with Crippen molar-refractivity contribution >= 4 is 34.9 Å². The van der Waals surface area contributed by atoms with Gasteiger partial charge in [0.15, 0.2) is 16.1 Å². The van der Waals surface area contributed by atoms with E-state index in [1.54, 1.807) is 6.07 Å². The van der Waals surface area contributed by atoms with Gasteiger partial charge in [-0.15, -0.1) is 10.2 Å². The van der Waals surface area contributed by atoms with E-state index < -0.39 is 5.91 Å². The van der Waals surface area contributed by atoms with Gasteiger partial charge in [-0.05, 0) is 6.07 Å². The minimum Gasteiger partial charge on any atom is -0.305 e. The third-order valence-corrected chi connectivity index (χ3v) is 3.06. The molecule has 20 heavy (non-hydrogen) atoms. The first kappa shape index (κ1) is 14.7. The summed E-state index contributed by atoms with van der Waals surface area (Å²) in [6, 6.07) is 3.12. The average Bonchev–Trinajstić information content (AvgIpc) is 2.80. The summed E-state index contributed by atoms with van der Waals surface area (Å²) in [5.41, 5.74) is 0.964. The highest BCUT2D eigenvalue weighted by Crippen LogP contribution is 2.23. The summed E-state index contributed by atoms with van der Waals surface area (Å²) in [4.78, 5) is 12.1. The van der Waals surface area contributed by atoms with E-state index in [1.807, 2.05) is 20.8 Å². The SMILES string of the molecule is CC(C)(C)c1cc(NC(=O)c2cc(Cl)nnc2Cl)n[nH]1. The fourth-order valence-corrected chi connectivity index (χ4v) is 1.79. The second kappa shape index (κ2) is 5.38. The van der Waals surface area contributed by atoms with E-state index in [2.05, 4.69) is 25.7 Å². The molecule has 0 spiro atoms. The van der Waals surface area contributed by atoms with Crippen LogP contribution in [0, 0.1) is 0 Å². The van der Waals surface area contributed by atoms with Crippen molar-refractivity contribution in [3.63, 3.8) is 0 Å². The quantitative estimate of drug-likeness (QED) is 0.892. The van der Waals surface area contributed by atoms with Gasteiger partial charge >= 0.3 is 0 Å². The van der Waals surface area contributed by atoms with Crippen LogP contribution >= 0.6 is 23.2 Å². The zero-order chi connectivity index (χ0) is 14.9. The molecule has 2 aromatic heterocycles. The number of hydrogen-bond donors (Lipinski definition) is 2. The first-order valence-electron chi connectivity index (χ1n) is 5.83. The van der Waals surface area contributed by atoms with Crippen molar-refractivity contribution in [2.45, 2.75) is 26.2 Å². The highest BCUT2D eigenvalue weighted by molar-refractivity contribution is 6.34. The van der Waals surface area contributed by atoms with Crippen LogP contribution in [-0.2, 0) is 5.41 Å². The molecule has 2 aromatic rings. The van der Waals surface area contributed by atoms with Gasteiger partial charge in [0.05, 0.1) is 5.56 Å². The lowest BCUT2D eigenvalue weighted by atomic mass is 9.92. The second-order valence-corrected chi connectivity index (χ2v) is 5.99. The van der Waals surface area contributed by atoms with E-state index in [1.165, 1.54) is 6.07 Å². The number of nitrogens with zero attached hydrogens (tertiary/aromatic N) is 3. The fraction of sp³-hybridized carbons (Fsp3) is 0.333. The Labute approximate surface area is 125 Å². The smallest absolute Gasteiger partial charge is 0.260 e. The van der Waals surface area contributed by atoms with E-state index in [4.69, 9.17) is 23.2 Å². The number of anilines is 1. The summed E-state index contributed by atoms with van der Waals surface area (Å²) in [7, 11) is 0. The van der Waals surface area contributed by atoms with E-state index in [0.29, 0.717) is 5.82 Å². The number of rotatable bonds is 2. The van der Waals surface area contributed by atoms with Crippen molar-refractivity contribution in [2.75, 3.05) is 5.32 Å². The number of aromatic nitrogens is 4. The summed E-state index contributed by atoms with van der Waals surface area (Å²) in [5, 5.41) is 16.7. The molecular weight excluding hydrogens is 301 g/mol. The van der Waals surface area contributed by atoms with Crippen molar-refractivity contribution < 1.29 is 4.79 Å². The van der Waals surface area contributed by atoms with E-state index in [9.17, 15) is 4.79 Å². The van der Waals surface area contributed by atoms with Crippen LogP contribution in [0.2, 0.25) is 10.3 Å². The summed E-state index contributed by atoms with van der Waals surface area (Å²) >= 11 is 11.5. The molecule has 2 N–H and O–H groups in total. The number of carbonyl (C=O) groups is 1. The number of halogens is 2. The van der Waals surface area contributed by atoms with Crippen LogP contribution in [0.1, 0.15) is 36.8 Å². The van der Waals surface area contributed by atoms with Crippen LogP contribution in [0.3, 0.4) is 0 Å². The fourth-order valence-electron chi connectivity index (χ4n) is 1.47. The molecule has 0 fully saturated rings. The third-order valence-electron chi connectivity index (χ3n) is 2.59. The van der Waals surface area contributed by atoms with Gasteiger partial charge in [-0.25, -0.2) is 0 Å². The molecule has 0 aromatic carbocycles. The number of nitrogens with one attached hydrogen (secondary N) is 2. The Balaban J connectivity index is 2.20. The molecule has 0 saturated heterocycles. The van der Waals surface area contributed by atoms with Crippen molar-refractivity contribution in [1.29, 1.82) is 0 Å². The number of hydrogen-bond acceptors (Lipinski definition) is 4. The van der Waals surface area contributed by atoms with Crippen molar-refractivity contribution in [2.24, 2.45) is 0 Å². The minimum atomic E-state index is -0.446. The van der Waals surface area contributed by atoms with Crippen molar-refractivity contribution in [1.82, 2.24) is 20.4 Å². The molecule has 106 valence electrons. The van der Waals surface area contributed by atoms with E-state index in [-0.39, 0.29) is 21.3 Å². The highest BCUT2D eigenvalue weighted by Gasteiger charge is 2.19. The molecule has 0 bridgehead atoms. The van der Waals surface area contributed by atoms with Gasteiger partial charge in [0, 0.05) is 17.2 Å². The number of amides is 1.